The molecule has 0 heterocycles. The van der Waals surface area contributed by atoms with Gasteiger partial charge in [0.1, 0.15) is 0 Å². The number of carbonyl (C=O) groups excluding carboxylic acids is 1. The summed E-state index contributed by atoms with van der Waals surface area (Å²) in [5, 5.41) is 6.61. The zero-order valence-corrected chi connectivity index (χ0v) is 11.5. The highest BCUT2D eigenvalue weighted by atomic mass is 16.2. The molecule has 0 spiro atoms. The minimum Gasteiger partial charge on any atom is -0.382 e. The summed E-state index contributed by atoms with van der Waals surface area (Å²) in [6.07, 6.45) is 9.26. The normalized spacial score (nSPS) is 30.5. The number of hydrogen-bond acceptors (Lipinski definition) is 2. The molecule has 0 bridgehead atoms. The van der Waals surface area contributed by atoms with E-state index >= 15 is 0 Å². The van der Waals surface area contributed by atoms with E-state index < -0.39 is 0 Å². The molecule has 0 aromatic heterocycles. The van der Waals surface area contributed by atoms with Gasteiger partial charge in [-0.25, -0.2) is 0 Å². The number of allylic oxidation sites excluding steroid dienone is 1. The Balaban J connectivity index is 1.40. The van der Waals surface area contributed by atoms with Crippen LogP contribution in [-0.2, 0) is 4.79 Å². The highest BCUT2D eigenvalue weighted by Crippen LogP contribution is 2.44. The first-order valence-corrected chi connectivity index (χ1v) is 7.64. The van der Waals surface area contributed by atoms with Crippen LogP contribution in [0.2, 0.25) is 0 Å². The molecule has 1 aromatic carbocycles. The number of fused-ring (bicyclic) bond motifs is 1. The molecule has 3 heteroatoms. The summed E-state index contributed by atoms with van der Waals surface area (Å²) in [7, 11) is 0. The van der Waals surface area contributed by atoms with Gasteiger partial charge in [-0.2, -0.15) is 0 Å². The van der Waals surface area contributed by atoms with Crippen LogP contribution in [0.15, 0.2) is 36.4 Å². The molecule has 0 radical (unpaired) electrons. The van der Waals surface area contributed by atoms with Crippen molar-refractivity contribution < 1.29 is 4.79 Å². The van der Waals surface area contributed by atoms with Gasteiger partial charge in [-0.05, 0) is 49.8 Å². The second-order valence-corrected chi connectivity index (χ2v) is 6.33. The average Bonchev–Trinajstić information content (AvgIpc) is 3.20. The van der Waals surface area contributed by atoms with E-state index in [0.29, 0.717) is 12.0 Å². The summed E-state index contributed by atoms with van der Waals surface area (Å²) in [5.41, 5.74) is 2.02. The lowest BCUT2D eigenvalue weighted by atomic mass is 9.71. The minimum atomic E-state index is 0.171. The van der Waals surface area contributed by atoms with E-state index in [1.165, 1.54) is 12.8 Å². The maximum Gasteiger partial charge on any atom is 0.227 e. The number of amides is 1. The van der Waals surface area contributed by atoms with E-state index in [4.69, 9.17) is 0 Å². The molecule has 3 aliphatic rings. The van der Waals surface area contributed by atoms with Crippen LogP contribution in [0.5, 0.6) is 0 Å². The molecule has 20 heavy (non-hydrogen) atoms. The first-order valence-electron chi connectivity index (χ1n) is 7.64. The quantitative estimate of drug-likeness (QED) is 0.822. The zero-order chi connectivity index (χ0) is 13.5. The standard InChI is InChI=1S/C17H20N2O/c20-17(11-7-8-11)19-14-5-2-4-13(10-14)18-16-9-12-3-1-6-15(12)16/h1-2,4-6,10-12,15-16,18H,3,7-9H2,(H,19,20). The molecule has 104 valence electrons. The van der Waals surface area contributed by atoms with Crippen LogP contribution >= 0.6 is 0 Å². The fourth-order valence-corrected chi connectivity index (χ4v) is 3.37. The van der Waals surface area contributed by atoms with Crippen molar-refractivity contribution in [1.29, 1.82) is 0 Å². The summed E-state index contributed by atoms with van der Waals surface area (Å²) >= 11 is 0. The number of nitrogens with one attached hydrogen (secondary N) is 2. The molecule has 2 N–H and O–H groups in total. The molecule has 4 rings (SSSR count). The molecule has 3 aliphatic carbocycles. The van der Waals surface area contributed by atoms with E-state index in [1.54, 1.807) is 0 Å². The average molecular weight is 268 g/mol. The van der Waals surface area contributed by atoms with Gasteiger partial charge in [0.15, 0.2) is 0 Å². The third-order valence-electron chi connectivity index (χ3n) is 4.79. The Hall–Kier alpha value is -1.77. The van der Waals surface area contributed by atoms with Crippen LogP contribution in [-0.4, -0.2) is 11.9 Å². The highest BCUT2D eigenvalue weighted by Gasteiger charge is 2.40. The van der Waals surface area contributed by atoms with E-state index in [2.05, 4.69) is 28.9 Å². The molecular formula is C17H20N2O. The lowest BCUT2D eigenvalue weighted by Gasteiger charge is -2.41. The summed E-state index contributed by atoms with van der Waals surface area (Å²) in [6, 6.07) is 8.66. The Bertz CT molecular complexity index is 562. The van der Waals surface area contributed by atoms with Crippen molar-refractivity contribution in [2.45, 2.75) is 31.7 Å². The zero-order valence-electron chi connectivity index (χ0n) is 11.5. The van der Waals surface area contributed by atoms with Crippen molar-refractivity contribution in [2.75, 3.05) is 10.6 Å². The van der Waals surface area contributed by atoms with Gasteiger partial charge in [0.2, 0.25) is 5.91 Å². The molecule has 0 aliphatic heterocycles. The predicted molar refractivity (Wildman–Crippen MR) is 80.6 cm³/mol. The smallest absolute Gasteiger partial charge is 0.227 e. The van der Waals surface area contributed by atoms with Crippen LogP contribution in [0.3, 0.4) is 0 Å². The van der Waals surface area contributed by atoms with Crippen LogP contribution in [0, 0.1) is 17.8 Å². The molecule has 3 nitrogen and oxygen atoms in total. The Morgan fingerprint density at radius 3 is 2.85 bits per heavy atom. The van der Waals surface area contributed by atoms with Gasteiger partial charge >= 0.3 is 0 Å². The minimum absolute atomic E-state index is 0.171. The van der Waals surface area contributed by atoms with Crippen molar-refractivity contribution in [2.24, 2.45) is 17.8 Å². The summed E-state index contributed by atoms with van der Waals surface area (Å²) in [6.45, 7) is 0. The number of benzene rings is 1. The second-order valence-electron chi connectivity index (χ2n) is 6.33. The molecule has 1 amide bonds. The molecule has 0 saturated heterocycles. The lowest BCUT2D eigenvalue weighted by Crippen LogP contribution is -2.43. The van der Waals surface area contributed by atoms with E-state index in [1.807, 2.05) is 18.2 Å². The number of hydrogen-bond donors (Lipinski definition) is 2. The number of anilines is 2. The van der Waals surface area contributed by atoms with Gasteiger partial charge in [-0.15, -0.1) is 0 Å². The van der Waals surface area contributed by atoms with Gasteiger partial charge in [0, 0.05) is 29.3 Å². The largest absolute Gasteiger partial charge is 0.382 e. The van der Waals surface area contributed by atoms with Crippen LogP contribution in [0.25, 0.3) is 0 Å². The molecule has 3 atom stereocenters. The monoisotopic (exact) mass is 268 g/mol. The first kappa shape index (κ1) is 12.0. The van der Waals surface area contributed by atoms with Crippen molar-refractivity contribution >= 4 is 17.3 Å². The van der Waals surface area contributed by atoms with E-state index in [9.17, 15) is 4.79 Å². The molecule has 2 saturated carbocycles. The van der Waals surface area contributed by atoms with Crippen molar-refractivity contribution in [3.8, 4) is 0 Å². The fraction of sp³-hybridized carbons (Fsp3) is 0.471. The topological polar surface area (TPSA) is 41.1 Å². The lowest BCUT2D eigenvalue weighted by molar-refractivity contribution is -0.117. The Labute approximate surface area is 119 Å². The third-order valence-corrected chi connectivity index (χ3v) is 4.79. The highest BCUT2D eigenvalue weighted by molar-refractivity contribution is 5.94. The van der Waals surface area contributed by atoms with Crippen molar-refractivity contribution in [3.63, 3.8) is 0 Å². The van der Waals surface area contributed by atoms with Crippen LogP contribution in [0.4, 0.5) is 11.4 Å². The van der Waals surface area contributed by atoms with E-state index in [-0.39, 0.29) is 11.8 Å². The number of carbonyl (C=O) groups is 1. The first-order chi connectivity index (χ1) is 9.79. The van der Waals surface area contributed by atoms with E-state index in [0.717, 1.165) is 30.1 Å². The van der Waals surface area contributed by atoms with Gasteiger partial charge in [0.05, 0.1) is 0 Å². The molecule has 1 aromatic rings. The van der Waals surface area contributed by atoms with Crippen molar-refractivity contribution in [1.82, 2.24) is 0 Å². The van der Waals surface area contributed by atoms with Gasteiger partial charge in [-0.3, -0.25) is 4.79 Å². The predicted octanol–water partition coefficient (Wildman–Crippen LogP) is 3.41. The maximum absolute atomic E-state index is 11.8. The Kier molecular flexibility index (Phi) is 2.79. The maximum atomic E-state index is 11.8. The van der Waals surface area contributed by atoms with Crippen LogP contribution in [0.1, 0.15) is 25.7 Å². The van der Waals surface area contributed by atoms with Gasteiger partial charge in [-0.1, -0.05) is 18.2 Å². The Morgan fingerprint density at radius 2 is 2.05 bits per heavy atom. The fourth-order valence-electron chi connectivity index (χ4n) is 3.37. The summed E-state index contributed by atoms with van der Waals surface area (Å²) in [4.78, 5) is 11.8. The van der Waals surface area contributed by atoms with Gasteiger partial charge < -0.3 is 10.6 Å². The van der Waals surface area contributed by atoms with Crippen LogP contribution < -0.4 is 10.6 Å². The number of rotatable bonds is 4. The molecule has 3 unspecified atom stereocenters. The molecule has 2 fully saturated rings. The molecular weight excluding hydrogens is 248 g/mol. The van der Waals surface area contributed by atoms with Crippen molar-refractivity contribution in [3.05, 3.63) is 36.4 Å². The summed E-state index contributed by atoms with van der Waals surface area (Å²) in [5.74, 6) is 2.00. The third kappa shape index (κ3) is 2.21. The second kappa shape index (κ2) is 4.65. The SMILES string of the molecule is O=C(Nc1cccc(NC2CC3CC=CC32)c1)C1CC1. The Morgan fingerprint density at radius 1 is 1.20 bits per heavy atom. The summed E-state index contributed by atoms with van der Waals surface area (Å²) < 4.78 is 0. The van der Waals surface area contributed by atoms with Gasteiger partial charge in [0.25, 0.3) is 0 Å².